The number of phenols is 1. The van der Waals surface area contributed by atoms with Crippen molar-refractivity contribution in [3.63, 3.8) is 0 Å². The molecule has 0 aliphatic carbocycles. The Balaban J connectivity index is 1.88. The number of fused-ring (bicyclic) bond motifs is 1. The van der Waals surface area contributed by atoms with Crippen molar-refractivity contribution in [2.75, 3.05) is 0 Å². The summed E-state index contributed by atoms with van der Waals surface area (Å²) < 4.78 is 1.84. The maximum atomic E-state index is 9.40. The quantitative estimate of drug-likeness (QED) is 0.610. The molecule has 2 aromatic carbocycles. The van der Waals surface area contributed by atoms with Crippen molar-refractivity contribution in [1.29, 1.82) is 0 Å². The van der Waals surface area contributed by atoms with Gasteiger partial charge in [0.2, 0.25) is 0 Å². The van der Waals surface area contributed by atoms with Crippen molar-refractivity contribution in [3.8, 4) is 28.3 Å². The van der Waals surface area contributed by atoms with Gasteiger partial charge < -0.3 is 5.11 Å². The molecule has 2 aromatic heterocycles. The molecule has 0 radical (unpaired) electrons. The van der Waals surface area contributed by atoms with Crippen LogP contribution >= 0.6 is 0 Å². The Morgan fingerprint density at radius 1 is 0.773 bits per heavy atom. The summed E-state index contributed by atoms with van der Waals surface area (Å²) in [7, 11) is 0. The molecule has 0 bridgehead atoms. The molecule has 4 aromatic rings. The zero-order valence-corrected chi connectivity index (χ0v) is 11.7. The smallest absolute Gasteiger partial charge is 0.154 e. The van der Waals surface area contributed by atoms with Crippen LogP contribution in [0.4, 0.5) is 0 Å². The van der Waals surface area contributed by atoms with Gasteiger partial charge in [0.05, 0.1) is 17.6 Å². The van der Waals surface area contributed by atoms with Gasteiger partial charge in [0.15, 0.2) is 5.65 Å². The molecular weight excluding hydrogens is 274 g/mol. The monoisotopic (exact) mass is 287 g/mol. The summed E-state index contributed by atoms with van der Waals surface area (Å²) >= 11 is 0. The van der Waals surface area contributed by atoms with E-state index in [-0.39, 0.29) is 5.75 Å². The van der Waals surface area contributed by atoms with Crippen LogP contribution in [0.15, 0.2) is 72.9 Å². The molecule has 0 spiro atoms. The Hall–Kier alpha value is -3.14. The number of benzene rings is 2. The molecular formula is C18H13N3O. The van der Waals surface area contributed by atoms with E-state index in [1.807, 2.05) is 65.3 Å². The van der Waals surface area contributed by atoms with Crippen LogP contribution in [0.2, 0.25) is 0 Å². The lowest BCUT2D eigenvalue weighted by atomic mass is 10.1. The molecule has 2 heterocycles. The number of phenolic OH excluding ortho intramolecular Hbond substituents is 1. The normalized spacial score (nSPS) is 10.9. The number of imidazole rings is 1. The maximum absolute atomic E-state index is 9.40. The molecule has 0 atom stereocenters. The van der Waals surface area contributed by atoms with Crippen LogP contribution in [0.5, 0.6) is 5.75 Å². The summed E-state index contributed by atoms with van der Waals surface area (Å²) in [5.41, 5.74) is 4.62. The zero-order chi connectivity index (χ0) is 14.9. The minimum Gasteiger partial charge on any atom is -0.508 e. The topological polar surface area (TPSA) is 50.4 Å². The second-order valence-electron chi connectivity index (χ2n) is 5.04. The van der Waals surface area contributed by atoms with Crippen molar-refractivity contribution in [2.45, 2.75) is 0 Å². The van der Waals surface area contributed by atoms with E-state index in [1.165, 1.54) is 0 Å². The Labute approximate surface area is 127 Å². The van der Waals surface area contributed by atoms with Crippen molar-refractivity contribution in [3.05, 3.63) is 72.9 Å². The zero-order valence-electron chi connectivity index (χ0n) is 11.7. The van der Waals surface area contributed by atoms with Gasteiger partial charge in [0.1, 0.15) is 5.75 Å². The van der Waals surface area contributed by atoms with Gasteiger partial charge in [0.25, 0.3) is 0 Å². The predicted octanol–water partition coefficient (Wildman–Crippen LogP) is 3.77. The second-order valence-corrected chi connectivity index (χ2v) is 5.04. The number of aromatic nitrogens is 3. The fourth-order valence-electron chi connectivity index (χ4n) is 2.47. The molecule has 106 valence electrons. The molecule has 4 heteroatoms. The van der Waals surface area contributed by atoms with E-state index < -0.39 is 0 Å². The van der Waals surface area contributed by atoms with Crippen LogP contribution in [0.3, 0.4) is 0 Å². The summed E-state index contributed by atoms with van der Waals surface area (Å²) in [6.45, 7) is 0. The van der Waals surface area contributed by atoms with Gasteiger partial charge >= 0.3 is 0 Å². The summed E-state index contributed by atoms with van der Waals surface area (Å²) in [5.74, 6) is 0.248. The lowest BCUT2D eigenvalue weighted by Crippen LogP contribution is -1.96. The molecule has 0 amide bonds. The van der Waals surface area contributed by atoms with E-state index >= 15 is 0 Å². The summed E-state index contributed by atoms with van der Waals surface area (Å²) in [6.07, 6.45) is 1.83. The molecule has 22 heavy (non-hydrogen) atoms. The highest BCUT2D eigenvalue weighted by Gasteiger charge is 2.08. The number of hydrogen-bond acceptors (Lipinski definition) is 3. The third-order valence-corrected chi connectivity index (χ3v) is 3.59. The third kappa shape index (κ3) is 2.11. The van der Waals surface area contributed by atoms with E-state index in [2.05, 4.69) is 10.1 Å². The van der Waals surface area contributed by atoms with Gasteiger partial charge in [-0.1, -0.05) is 30.3 Å². The first-order valence-electron chi connectivity index (χ1n) is 7.01. The summed E-state index contributed by atoms with van der Waals surface area (Å²) in [6, 6.07) is 21.0. The summed E-state index contributed by atoms with van der Waals surface area (Å²) in [4.78, 5) is 4.40. The molecule has 0 saturated carbocycles. The minimum atomic E-state index is 0.248. The third-order valence-electron chi connectivity index (χ3n) is 3.59. The van der Waals surface area contributed by atoms with Gasteiger partial charge in [-0.25, -0.2) is 9.50 Å². The first-order chi connectivity index (χ1) is 10.8. The van der Waals surface area contributed by atoms with E-state index in [1.54, 1.807) is 12.1 Å². The number of nitrogens with zero attached hydrogens (tertiary/aromatic N) is 3. The average molecular weight is 287 g/mol. The molecule has 0 saturated heterocycles. The van der Waals surface area contributed by atoms with E-state index in [0.29, 0.717) is 0 Å². The first kappa shape index (κ1) is 12.6. The van der Waals surface area contributed by atoms with Crippen LogP contribution in [0.1, 0.15) is 0 Å². The van der Waals surface area contributed by atoms with Gasteiger partial charge in [-0.05, 0) is 36.4 Å². The Morgan fingerprint density at radius 2 is 1.55 bits per heavy atom. The Bertz CT molecular complexity index is 928. The molecule has 0 aliphatic rings. The highest BCUT2D eigenvalue weighted by atomic mass is 16.3. The average Bonchev–Trinajstić information content (AvgIpc) is 2.99. The van der Waals surface area contributed by atoms with E-state index in [9.17, 15) is 5.11 Å². The number of aromatic hydroxyl groups is 1. The number of hydrogen-bond donors (Lipinski definition) is 1. The van der Waals surface area contributed by atoms with Gasteiger partial charge in [-0.15, -0.1) is 0 Å². The van der Waals surface area contributed by atoms with Crippen LogP contribution in [0, 0.1) is 0 Å². The molecule has 0 fully saturated rings. The lowest BCUT2D eigenvalue weighted by Gasteiger charge is -2.05. The molecule has 4 rings (SSSR count). The molecule has 0 aliphatic heterocycles. The molecule has 0 unspecified atom stereocenters. The van der Waals surface area contributed by atoms with Gasteiger partial charge in [-0.3, -0.25) is 0 Å². The number of rotatable bonds is 2. The predicted molar refractivity (Wildman–Crippen MR) is 85.5 cm³/mol. The van der Waals surface area contributed by atoms with Crippen molar-refractivity contribution in [2.24, 2.45) is 0 Å². The Kier molecular flexibility index (Phi) is 2.86. The summed E-state index contributed by atoms with van der Waals surface area (Å²) in [5, 5.41) is 14.1. The van der Waals surface area contributed by atoms with Gasteiger partial charge in [0, 0.05) is 11.1 Å². The van der Waals surface area contributed by atoms with Crippen LogP contribution in [0.25, 0.3) is 28.2 Å². The minimum absolute atomic E-state index is 0.248. The van der Waals surface area contributed by atoms with Crippen LogP contribution in [-0.4, -0.2) is 19.7 Å². The van der Waals surface area contributed by atoms with E-state index in [0.717, 1.165) is 28.2 Å². The Morgan fingerprint density at radius 3 is 2.32 bits per heavy atom. The highest BCUT2D eigenvalue weighted by molar-refractivity contribution is 5.66. The first-order valence-corrected chi connectivity index (χ1v) is 7.01. The standard InChI is InChI=1S/C18H13N3O/c22-15-8-6-13(7-9-15)16-10-11-18-19-12-17(21(18)20-16)14-4-2-1-3-5-14/h1-12,22H. The van der Waals surface area contributed by atoms with Crippen LogP contribution < -0.4 is 0 Å². The fraction of sp³-hybridized carbons (Fsp3) is 0. The van der Waals surface area contributed by atoms with E-state index in [4.69, 9.17) is 0 Å². The van der Waals surface area contributed by atoms with Crippen LogP contribution in [-0.2, 0) is 0 Å². The molecule has 1 N–H and O–H groups in total. The van der Waals surface area contributed by atoms with Gasteiger partial charge in [-0.2, -0.15) is 5.10 Å². The second kappa shape index (κ2) is 5.00. The van der Waals surface area contributed by atoms with Crippen molar-refractivity contribution in [1.82, 2.24) is 14.6 Å². The SMILES string of the molecule is Oc1ccc(-c2ccc3ncc(-c4ccccc4)n3n2)cc1. The van der Waals surface area contributed by atoms with Crippen molar-refractivity contribution < 1.29 is 5.11 Å². The fourth-order valence-corrected chi connectivity index (χ4v) is 2.47. The largest absolute Gasteiger partial charge is 0.508 e. The maximum Gasteiger partial charge on any atom is 0.154 e. The van der Waals surface area contributed by atoms with Crippen molar-refractivity contribution >= 4 is 5.65 Å². The highest BCUT2D eigenvalue weighted by Crippen LogP contribution is 2.23. The lowest BCUT2D eigenvalue weighted by molar-refractivity contribution is 0.475. The molecule has 4 nitrogen and oxygen atoms in total.